The molecule has 0 saturated carbocycles. The van der Waals surface area contributed by atoms with Gasteiger partial charge in [0.1, 0.15) is 5.78 Å². The Balaban J connectivity index is 2.66. The summed E-state index contributed by atoms with van der Waals surface area (Å²) in [5.41, 5.74) is 2.39. The van der Waals surface area contributed by atoms with Gasteiger partial charge in [0.25, 0.3) is 0 Å². The van der Waals surface area contributed by atoms with E-state index in [1.807, 2.05) is 0 Å². The number of hydrogen-bond acceptors (Lipinski definition) is 2. The van der Waals surface area contributed by atoms with E-state index in [0.29, 0.717) is 12.2 Å². The molecule has 0 fully saturated rings. The van der Waals surface area contributed by atoms with Crippen LogP contribution >= 0.6 is 0 Å². The van der Waals surface area contributed by atoms with Crippen LogP contribution in [0.4, 0.5) is 0 Å². The third-order valence-electron chi connectivity index (χ3n) is 4.00. The van der Waals surface area contributed by atoms with Crippen molar-refractivity contribution >= 4 is 11.5 Å². The topological polar surface area (TPSA) is 29.4 Å². The molecular weight excluding hydrogens is 270 g/mol. The van der Waals surface area contributed by atoms with Gasteiger partial charge in [-0.3, -0.25) is 9.79 Å². The van der Waals surface area contributed by atoms with Crippen molar-refractivity contribution in [2.75, 3.05) is 0 Å². The first-order valence-corrected chi connectivity index (χ1v) is 8.81. The van der Waals surface area contributed by atoms with Gasteiger partial charge in [0.05, 0.1) is 0 Å². The Labute approximate surface area is 136 Å². The van der Waals surface area contributed by atoms with Gasteiger partial charge < -0.3 is 0 Å². The quantitative estimate of drug-likeness (QED) is 0.550. The minimum absolute atomic E-state index is 0.0843. The lowest BCUT2D eigenvalue weighted by Gasteiger charge is -2.22. The second kappa shape index (κ2) is 9.07. The molecule has 0 bridgehead atoms. The van der Waals surface area contributed by atoms with Crippen molar-refractivity contribution in [2.24, 2.45) is 16.3 Å². The zero-order valence-electron chi connectivity index (χ0n) is 15.1. The Morgan fingerprint density at radius 2 is 2.00 bits per heavy atom. The van der Waals surface area contributed by atoms with Crippen molar-refractivity contribution in [3.63, 3.8) is 0 Å². The van der Waals surface area contributed by atoms with E-state index in [2.05, 4.69) is 52.8 Å². The SMILES string of the molecule is CCCC(CCC1=NC(CC)=CCC=C1)C(=O)CC(C)(C)C. The summed E-state index contributed by atoms with van der Waals surface area (Å²) in [6.07, 6.45) is 13.0. The monoisotopic (exact) mass is 303 g/mol. The Hall–Kier alpha value is -1.18. The highest BCUT2D eigenvalue weighted by Gasteiger charge is 2.23. The Kier molecular flexibility index (Phi) is 7.78. The van der Waals surface area contributed by atoms with E-state index in [0.717, 1.165) is 44.2 Å². The number of aliphatic imine (C=N–C) groups is 1. The number of Topliss-reactive ketones (excluding diaryl/α,β-unsaturated/α-hetero) is 1. The average molecular weight is 303 g/mol. The standard InChI is InChI=1S/C20H33NO/c1-6-10-16(19(22)15-20(3,4)5)13-14-18-12-9-8-11-17(7-2)21-18/h9,11-12,16H,6-8,10,13-15H2,1-5H3. The summed E-state index contributed by atoms with van der Waals surface area (Å²) in [4.78, 5) is 17.3. The summed E-state index contributed by atoms with van der Waals surface area (Å²) in [5.74, 6) is 0.622. The van der Waals surface area contributed by atoms with Crippen LogP contribution < -0.4 is 0 Å². The Bertz CT molecular complexity index is 449. The number of hydrogen-bond donors (Lipinski definition) is 0. The van der Waals surface area contributed by atoms with Crippen LogP contribution in [0.2, 0.25) is 0 Å². The molecule has 1 heterocycles. The summed E-state index contributed by atoms with van der Waals surface area (Å²) in [6.45, 7) is 10.7. The predicted molar refractivity (Wildman–Crippen MR) is 96.3 cm³/mol. The maximum Gasteiger partial charge on any atom is 0.136 e. The van der Waals surface area contributed by atoms with Crippen molar-refractivity contribution in [3.8, 4) is 0 Å². The molecule has 0 spiro atoms. The van der Waals surface area contributed by atoms with Gasteiger partial charge in [-0.05, 0) is 43.6 Å². The number of carbonyl (C=O) groups excluding carboxylic acids is 1. The number of rotatable bonds is 8. The number of nitrogens with zero attached hydrogens (tertiary/aromatic N) is 1. The highest BCUT2D eigenvalue weighted by atomic mass is 16.1. The highest BCUT2D eigenvalue weighted by molar-refractivity contribution is 5.96. The molecule has 0 N–H and O–H groups in total. The molecule has 0 aliphatic carbocycles. The molecule has 1 aliphatic heterocycles. The molecule has 0 radical (unpaired) electrons. The molecule has 1 rings (SSSR count). The van der Waals surface area contributed by atoms with Gasteiger partial charge in [-0.25, -0.2) is 0 Å². The van der Waals surface area contributed by atoms with Crippen molar-refractivity contribution in [3.05, 3.63) is 23.9 Å². The second-order valence-electron chi connectivity index (χ2n) is 7.52. The van der Waals surface area contributed by atoms with Crippen molar-refractivity contribution in [1.29, 1.82) is 0 Å². The molecule has 2 heteroatoms. The van der Waals surface area contributed by atoms with Crippen LogP contribution in [0.25, 0.3) is 0 Å². The summed E-state index contributed by atoms with van der Waals surface area (Å²) < 4.78 is 0. The lowest BCUT2D eigenvalue weighted by Crippen LogP contribution is -2.21. The van der Waals surface area contributed by atoms with E-state index < -0.39 is 0 Å². The molecule has 0 amide bonds. The van der Waals surface area contributed by atoms with Crippen LogP contribution in [0.5, 0.6) is 0 Å². The summed E-state index contributed by atoms with van der Waals surface area (Å²) in [7, 11) is 0. The third kappa shape index (κ3) is 7.20. The summed E-state index contributed by atoms with van der Waals surface area (Å²) in [5, 5.41) is 0. The maximum absolute atomic E-state index is 12.5. The van der Waals surface area contributed by atoms with Crippen LogP contribution in [0.3, 0.4) is 0 Å². The van der Waals surface area contributed by atoms with E-state index in [-0.39, 0.29) is 11.3 Å². The molecule has 2 nitrogen and oxygen atoms in total. The fourth-order valence-electron chi connectivity index (χ4n) is 2.84. The molecule has 0 aromatic rings. The predicted octanol–water partition coefficient (Wildman–Crippen LogP) is 5.88. The minimum atomic E-state index is 0.0843. The molecular formula is C20H33NO. The highest BCUT2D eigenvalue weighted by Crippen LogP contribution is 2.26. The smallest absolute Gasteiger partial charge is 0.136 e. The van der Waals surface area contributed by atoms with E-state index in [1.54, 1.807) is 0 Å². The van der Waals surface area contributed by atoms with Crippen molar-refractivity contribution < 1.29 is 4.79 Å². The number of carbonyl (C=O) groups is 1. The maximum atomic E-state index is 12.5. The lowest BCUT2D eigenvalue weighted by molar-refractivity contribution is -0.125. The van der Waals surface area contributed by atoms with Crippen LogP contribution in [-0.2, 0) is 4.79 Å². The molecule has 0 saturated heterocycles. The molecule has 1 unspecified atom stereocenters. The number of ketones is 1. The summed E-state index contributed by atoms with van der Waals surface area (Å²) in [6, 6.07) is 0. The molecule has 22 heavy (non-hydrogen) atoms. The van der Waals surface area contributed by atoms with Gasteiger partial charge >= 0.3 is 0 Å². The van der Waals surface area contributed by atoms with Gasteiger partial charge in [-0.2, -0.15) is 0 Å². The van der Waals surface area contributed by atoms with E-state index in [1.165, 1.54) is 5.70 Å². The first kappa shape index (κ1) is 18.9. The van der Waals surface area contributed by atoms with Gasteiger partial charge in [-0.15, -0.1) is 0 Å². The van der Waals surface area contributed by atoms with Crippen LogP contribution in [0, 0.1) is 11.3 Å². The van der Waals surface area contributed by atoms with Crippen LogP contribution in [0.1, 0.15) is 79.6 Å². The van der Waals surface area contributed by atoms with Gasteiger partial charge in [-0.1, -0.05) is 53.2 Å². The van der Waals surface area contributed by atoms with Gasteiger partial charge in [0.15, 0.2) is 0 Å². The third-order valence-corrected chi connectivity index (χ3v) is 4.00. The molecule has 0 aromatic carbocycles. The zero-order chi connectivity index (χ0) is 16.6. The van der Waals surface area contributed by atoms with E-state index >= 15 is 0 Å². The van der Waals surface area contributed by atoms with Gasteiger partial charge in [0.2, 0.25) is 0 Å². The lowest BCUT2D eigenvalue weighted by atomic mass is 9.82. The fraction of sp³-hybridized carbons (Fsp3) is 0.700. The zero-order valence-corrected chi connectivity index (χ0v) is 15.1. The number of allylic oxidation sites excluding steroid dienone is 4. The van der Waals surface area contributed by atoms with Crippen molar-refractivity contribution in [1.82, 2.24) is 0 Å². The van der Waals surface area contributed by atoms with E-state index in [4.69, 9.17) is 4.99 Å². The summed E-state index contributed by atoms with van der Waals surface area (Å²) >= 11 is 0. The van der Waals surface area contributed by atoms with Gasteiger partial charge in [0, 0.05) is 23.7 Å². The minimum Gasteiger partial charge on any atom is -0.299 e. The first-order valence-electron chi connectivity index (χ1n) is 8.81. The second-order valence-corrected chi connectivity index (χ2v) is 7.52. The largest absolute Gasteiger partial charge is 0.299 e. The average Bonchev–Trinajstić information content (AvgIpc) is 2.66. The van der Waals surface area contributed by atoms with E-state index in [9.17, 15) is 4.79 Å². The Morgan fingerprint density at radius 1 is 1.27 bits per heavy atom. The molecule has 1 aliphatic rings. The normalized spacial score (nSPS) is 16.8. The molecule has 124 valence electrons. The van der Waals surface area contributed by atoms with Crippen LogP contribution in [0.15, 0.2) is 28.9 Å². The molecule has 1 atom stereocenters. The Morgan fingerprint density at radius 3 is 2.59 bits per heavy atom. The first-order chi connectivity index (χ1) is 10.4. The van der Waals surface area contributed by atoms with Crippen LogP contribution in [-0.4, -0.2) is 11.5 Å². The fourth-order valence-corrected chi connectivity index (χ4v) is 2.84. The molecule has 0 aromatic heterocycles. The van der Waals surface area contributed by atoms with Crippen molar-refractivity contribution in [2.45, 2.75) is 79.6 Å².